The average Bonchev–Trinajstić information content (AvgIpc) is 3.34. The molecule has 2 aliphatic heterocycles. The standard InChI is InChI=1S/C40H56O3/c1-29(18-13-19-31(3)22-25-40-37(7,8)27-33(41)28-39(40,10)43-40)16-11-12-17-30(2)20-14-21-32(4)34-26-35-36(5,6)23-15-24-38(35,9)42-34/h11-14,16-22,25-26,33-34,41H,15,23-24,27-28H2,1-10H3/b12-11+,18-13+,20-14+,25-22+,29-16+,30-17+,31-19+,32-21+/t33-,34?,38?,39?,40?/m1/s1. The lowest BCUT2D eigenvalue weighted by atomic mass is 9.63. The third-order valence-electron chi connectivity index (χ3n) is 10.3. The lowest BCUT2D eigenvalue weighted by Crippen LogP contribution is -2.46. The molecule has 4 aliphatic rings. The zero-order chi connectivity index (χ0) is 31.7. The van der Waals surface area contributed by atoms with Gasteiger partial charge in [0.15, 0.2) is 0 Å². The van der Waals surface area contributed by atoms with Crippen molar-refractivity contribution < 1.29 is 14.6 Å². The van der Waals surface area contributed by atoms with Crippen LogP contribution >= 0.6 is 0 Å². The molecule has 0 aromatic rings. The molecule has 1 N–H and O–H groups in total. The first-order valence-corrected chi connectivity index (χ1v) is 16.2. The second-order valence-electron chi connectivity index (χ2n) is 15.2. The lowest BCUT2D eigenvalue weighted by Gasteiger charge is -2.42. The van der Waals surface area contributed by atoms with E-state index in [1.165, 1.54) is 40.7 Å². The van der Waals surface area contributed by atoms with Crippen molar-refractivity contribution >= 4 is 0 Å². The molecule has 2 heterocycles. The molecule has 4 unspecified atom stereocenters. The second-order valence-corrected chi connectivity index (χ2v) is 15.2. The summed E-state index contributed by atoms with van der Waals surface area (Å²) in [7, 11) is 0. The monoisotopic (exact) mass is 584 g/mol. The Balaban J connectivity index is 1.27. The van der Waals surface area contributed by atoms with Crippen LogP contribution < -0.4 is 0 Å². The van der Waals surface area contributed by atoms with Crippen LogP contribution in [-0.2, 0) is 9.47 Å². The highest BCUT2D eigenvalue weighted by atomic mass is 16.6. The molecule has 3 nitrogen and oxygen atoms in total. The second kappa shape index (κ2) is 12.5. The van der Waals surface area contributed by atoms with Gasteiger partial charge in [0.1, 0.15) is 11.2 Å². The predicted molar refractivity (Wildman–Crippen MR) is 182 cm³/mol. The Labute approximate surface area is 262 Å². The minimum absolute atomic E-state index is 0.0730. The van der Waals surface area contributed by atoms with E-state index in [0.717, 1.165) is 12.8 Å². The number of allylic oxidation sites excluding steroid dienone is 14. The molecular weight excluding hydrogens is 528 g/mol. The maximum absolute atomic E-state index is 10.3. The summed E-state index contributed by atoms with van der Waals surface area (Å²) in [5.74, 6) is 0. The van der Waals surface area contributed by atoms with Crippen molar-refractivity contribution in [2.45, 2.75) is 130 Å². The van der Waals surface area contributed by atoms with Gasteiger partial charge in [0.2, 0.25) is 0 Å². The Morgan fingerprint density at radius 2 is 1.35 bits per heavy atom. The predicted octanol–water partition coefficient (Wildman–Crippen LogP) is 10.00. The maximum Gasteiger partial charge on any atom is 0.121 e. The van der Waals surface area contributed by atoms with E-state index in [1.807, 2.05) is 0 Å². The highest BCUT2D eigenvalue weighted by Gasteiger charge is 2.74. The highest BCUT2D eigenvalue weighted by Crippen LogP contribution is 2.66. The van der Waals surface area contributed by atoms with Crippen LogP contribution in [0.25, 0.3) is 0 Å². The Morgan fingerprint density at radius 1 is 0.767 bits per heavy atom. The SMILES string of the molecule is CC(/C=C/C=C(C)/C=C/C12OC1(C)C[C@H](O)CC2(C)C)=C\C=C\C=C(C)\C=C\C=C(/C)C1C=C2C(C)(C)CCCC2(C)O1. The topological polar surface area (TPSA) is 42.0 Å². The van der Waals surface area contributed by atoms with Gasteiger partial charge >= 0.3 is 0 Å². The van der Waals surface area contributed by atoms with E-state index in [9.17, 15) is 5.11 Å². The molecule has 4 rings (SSSR count). The van der Waals surface area contributed by atoms with Crippen molar-refractivity contribution in [3.05, 3.63) is 107 Å². The van der Waals surface area contributed by atoms with Crippen LogP contribution in [0.2, 0.25) is 0 Å². The summed E-state index contributed by atoms with van der Waals surface area (Å²) in [5, 5.41) is 10.3. The number of rotatable bonds is 9. The van der Waals surface area contributed by atoms with Gasteiger partial charge in [-0.1, -0.05) is 111 Å². The van der Waals surface area contributed by atoms with Crippen LogP contribution in [0.5, 0.6) is 0 Å². The van der Waals surface area contributed by atoms with Crippen LogP contribution in [0.1, 0.15) is 101 Å². The van der Waals surface area contributed by atoms with Crippen molar-refractivity contribution in [1.29, 1.82) is 0 Å². The van der Waals surface area contributed by atoms with Gasteiger partial charge in [-0.05, 0) is 95.9 Å². The third kappa shape index (κ3) is 7.27. The molecule has 0 aromatic carbocycles. The maximum atomic E-state index is 10.3. The Hall–Kier alpha value is -2.46. The van der Waals surface area contributed by atoms with E-state index >= 15 is 0 Å². The molecule has 2 aliphatic carbocycles. The number of fused-ring (bicyclic) bond motifs is 2. The fraction of sp³-hybridized carbons (Fsp3) is 0.550. The number of epoxide rings is 1. The van der Waals surface area contributed by atoms with E-state index in [4.69, 9.17) is 9.47 Å². The molecule has 3 fully saturated rings. The highest BCUT2D eigenvalue weighted by molar-refractivity contribution is 5.38. The third-order valence-corrected chi connectivity index (χ3v) is 10.3. The summed E-state index contributed by atoms with van der Waals surface area (Å²) in [6, 6.07) is 0. The number of aliphatic hydroxyl groups is 1. The Bertz CT molecular complexity index is 1340. The summed E-state index contributed by atoms with van der Waals surface area (Å²) >= 11 is 0. The van der Waals surface area contributed by atoms with Crippen molar-refractivity contribution in [1.82, 2.24) is 0 Å². The van der Waals surface area contributed by atoms with E-state index < -0.39 is 0 Å². The van der Waals surface area contributed by atoms with Crippen molar-refractivity contribution in [2.75, 3.05) is 0 Å². The minimum atomic E-state index is -0.286. The lowest BCUT2D eigenvalue weighted by molar-refractivity contribution is -0.0307. The van der Waals surface area contributed by atoms with Crippen molar-refractivity contribution in [2.24, 2.45) is 10.8 Å². The normalized spacial score (nSPS) is 36.6. The summed E-state index contributed by atoms with van der Waals surface area (Å²) in [6.07, 6.45) is 32.9. The molecule has 1 saturated heterocycles. The first-order chi connectivity index (χ1) is 20.0. The van der Waals surface area contributed by atoms with Gasteiger partial charge in [0, 0.05) is 11.8 Å². The van der Waals surface area contributed by atoms with Crippen LogP contribution in [-0.4, -0.2) is 34.1 Å². The van der Waals surface area contributed by atoms with E-state index in [2.05, 4.69) is 148 Å². The van der Waals surface area contributed by atoms with Gasteiger partial charge in [0.05, 0.1) is 17.8 Å². The van der Waals surface area contributed by atoms with Crippen molar-refractivity contribution in [3.8, 4) is 0 Å². The zero-order valence-electron chi connectivity index (χ0n) is 28.5. The summed E-state index contributed by atoms with van der Waals surface area (Å²) in [5.41, 5.74) is 5.78. The first-order valence-electron chi connectivity index (χ1n) is 16.2. The number of aliphatic hydroxyl groups excluding tert-OH is 1. The minimum Gasteiger partial charge on any atom is -0.393 e. The van der Waals surface area contributed by atoms with Gasteiger partial charge in [-0.2, -0.15) is 0 Å². The zero-order valence-corrected chi connectivity index (χ0v) is 28.5. The average molecular weight is 585 g/mol. The van der Waals surface area contributed by atoms with E-state index in [0.29, 0.717) is 6.42 Å². The van der Waals surface area contributed by atoms with Crippen molar-refractivity contribution in [3.63, 3.8) is 0 Å². The molecule has 0 amide bonds. The van der Waals surface area contributed by atoms with Crippen LogP contribution in [0.4, 0.5) is 0 Å². The van der Waals surface area contributed by atoms with Gasteiger partial charge in [0.25, 0.3) is 0 Å². The van der Waals surface area contributed by atoms with E-state index in [-0.39, 0.29) is 39.8 Å². The molecule has 0 aromatic heterocycles. The smallest absolute Gasteiger partial charge is 0.121 e. The molecule has 2 saturated carbocycles. The Kier molecular flexibility index (Phi) is 9.72. The van der Waals surface area contributed by atoms with Gasteiger partial charge in [-0.15, -0.1) is 0 Å². The number of hydrogen-bond acceptors (Lipinski definition) is 3. The van der Waals surface area contributed by atoms with E-state index in [1.54, 1.807) is 0 Å². The number of ether oxygens (including phenoxy) is 2. The number of hydrogen-bond donors (Lipinski definition) is 1. The Morgan fingerprint density at radius 3 is 1.95 bits per heavy atom. The molecule has 0 spiro atoms. The summed E-state index contributed by atoms with van der Waals surface area (Å²) in [6.45, 7) is 22.0. The van der Waals surface area contributed by atoms with Gasteiger partial charge < -0.3 is 14.6 Å². The fourth-order valence-corrected chi connectivity index (χ4v) is 7.77. The van der Waals surface area contributed by atoms with Crippen LogP contribution in [0.3, 0.4) is 0 Å². The quantitative estimate of drug-likeness (QED) is 0.167. The largest absolute Gasteiger partial charge is 0.393 e. The van der Waals surface area contributed by atoms with Crippen LogP contribution in [0.15, 0.2) is 107 Å². The van der Waals surface area contributed by atoms with Crippen LogP contribution in [0, 0.1) is 10.8 Å². The fourth-order valence-electron chi connectivity index (χ4n) is 7.77. The summed E-state index contributed by atoms with van der Waals surface area (Å²) in [4.78, 5) is 0. The molecule has 43 heavy (non-hydrogen) atoms. The molecular formula is C40H56O3. The summed E-state index contributed by atoms with van der Waals surface area (Å²) < 4.78 is 12.8. The molecule has 0 radical (unpaired) electrons. The molecule has 234 valence electrons. The first kappa shape index (κ1) is 33.4. The van der Waals surface area contributed by atoms with Gasteiger partial charge in [-0.3, -0.25) is 0 Å². The molecule has 0 bridgehead atoms. The molecule has 5 atom stereocenters. The van der Waals surface area contributed by atoms with Gasteiger partial charge in [-0.25, -0.2) is 0 Å². The molecule has 3 heteroatoms.